The van der Waals surface area contributed by atoms with E-state index < -0.39 is 0 Å². The lowest BCUT2D eigenvalue weighted by Gasteiger charge is -2.05. The fourth-order valence-electron chi connectivity index (χ4n) is 0.757. The maximum atomic E-state index is 5.49. The molecule has 13 heavy (non-hydrogen) atoms. The van der Waals surface area contributed by atoms with Crippen LogP contribution in [0.1, 0.15) is 6.42 Å². The van der Waals surface area contributed by atoms with Gasteiger partial charge in [0.05, 0.1) is 6.61 Å². The van der Waals surface area contributed by atoms with Crippen molar-refractivity contribution >= 4 is 38.5 Å². The van der Waals surface area contributed by atoms with Crippen molar-refractivity contribution < 1.29 is 4.74 Å². The summed E-state index contributed by atoms with van der Waals surface area (Å²) in [5, 5.41) is 0. The number of rotatable bonds is 4. The van der Waals surface area contributed by atoms with Crippen LogP contribution in [0.4, 0.5) is 0 Å². The second kappa shape index (κ2) is 5.59. The molecule has 0 N–H and O–H groups in total. The normalized spacial score (nSPS) is 9.69. The number of hydrogen-bond donors (Lipinski definition) is 0. The van der Waals surface area contributed by atoms with E-state index >= 15 is 0 Å². The van der Waals surface area contributed by atoms with Gasteiger partial charge in [0.25, 0.3) is 0 Å². The van der Waals surface area contributed by atoms with Crippen LogP contribution in [-0.4, -0.2) is 11.6 Å². The second-order valence-corrected chi connectivity index (χ2v) is 4.31. The summed E-state index contributed by atoms with van der Waals surface area (Å²) < 4.78 is 7.30. The highest BCUT2D eigenvalue weighted by molar-refractivity contribution is 14.1. The summed E-state index contributed by atoms with van der Waals surface area (Å²) in [6, 6.07) is 1.91. The van der Waals surface area contributed by atoms with Crippen LogP contribution in [0.15, 0.2) is 29.4 Å². The van der Waals surface area contributed by atoms with Gasteiger partial charge in [0.2, 0.25) is 0 Å². The Bertz CT molecular complexity index is 304. The van der Waals surface area contributed by atoms with Crippen molar-refractivity contribution in [2.75, 3.05) is 6.61 Å². The van der Waals surface area contributed by atoms with Gasteiger partial charge in [-0.2, -0.15) is 0 Å². The Labute approximate surface area is 99.7 Å². The molecular formula is C9H9BrINO. The summed E-state index contributed by atoms with van der Waals surface area (Å²) in [6.45, 7) is 4.28. The average molecular weight is 354 g/mol. The first kappa shape index (κ1) is 11.0. The van der Waals surface area contributed by atoms with Crippen molar-refractivity contribution in [1.82, 2.24) is 4.98 Å². The molecule has 1 aromatic heterocycles. The van der Waals surface area contributed by atoms with E-state index in [-0.39, 0.29) is 0 Å². The largest absolute Gasteiger partial charge is 0.490 e. The van der Waals surface area contributed by atoms with Crippen LogP contribution in [0.2, 0.25) is 0 Å². The van der Waals surface area contributed by atoms with Crippen molar-refractivity contribution in [1.29, 1.82) is 0 Å². The molecule has 0 fully saturated rings. The summed E-state index contributed by atoms with van der Waals surface area (Å²) in [6.07, 6.45) is 4.43. The van der Waals surface area contributed by atoms with E-state index in [2.05, 4.69) is 50.1 Å². The Morgan fingerprint density at radius 3 is 3.15 bits per heavy atom. The van der Waals surface area contributed by atoms with E-state index in [0.29, 0.717) is 6.61 Å². The predicted octanol–water partition coefficient (Wildman–Crippen LogP) is 3.40. The highest BCUT2D eigenvalue weighted by atomic mass is 127. The third-order valence-corrected chi connectivity index (χ3v) is 2.60. The van der Waals surface area contributed by atoms with Crippen molar-refractivity contribution in [3.8, 4) is 5.75 Å². The first-order valence-electron chi connectivity index (χ1n) is 3.79. The third kappa shape index (κ3) is 3.64. The van der Waals surface area contributed by atoms with Crippen LogP contribution in [0.3, 0.4) is 0 Å². The fraction of sp³-hybridized carbons (Fsp3) is 0.222. The smallest absolute Gasteiger partial charge is 0.152 e. The molecule has 0 aliphatic heterocycles. The number of ether oxygens (including phenoxy) is 1. The third-order valence-electron chi connectivity index (χ3n) is 1.35. The van der Waals surface area contributed by atoms with E-state index in [9.17, 15) is 0 Å². The molecule has 1 rings (SSSR count). The zero-order valence-electron chi connectivity index (χ0n) is 6.96. The molecule has 2 nitrogen and oxygen atoms in total. The van der Waals surface area contributed by atoms with Gasteiger partial charge in [0, 0.05) is 10.7 Å². The van der Waals surface area contributed by atoms with Crippen molar-refractivity contribution in [2.24, 2.45) is 0 Å². The Balaban J connectivity index is 2.64. The maximum absolute atomic E-state index is 5.49. The predicted molar refractivity (Wildman–Crippen MR) is 65.0 cm³/mol. The van der Waals surface area contributed by atoms with E-state index in [4.69, 9.17) is 4.74 Å². The molecule has 0 aliphatic carbocycles. The minimum atomic E-state index is 0.650. The molecule has 0 atom stereocenters. The van der Waals surface area contributed by atoms with E-state index in [1.54, 1.807) is 6.20 Å². The van der Waals surface area contributed by atoms with Crippen LogP contribution < -0.4 is 4.74 Å². The molecule has 0 radical (unpaired) electrons. The van der Waals surface area contributed by atoms with Gasteiger partial charge < -0.3 is 4.74 Å². The Morgan fingerprint density at radius 1 is 1.69 bits per heavy atom. The minimum Gasteiger partial charge on any atom is -0.490 e. The van der Waals surface area contributed by atoms with Gasteiger partial charge in [0.1, 0.15) is 3.70 Å². The molecule has 1 aromatic rings. The highest BCUT2D eigenvalue weighted by Gasteiger charge is 2.01. The molecular weight excluding hydrogens is 345 g/mol. The van der Waals surface area contributed by atoms with Crippen LogP contribution in [0.5, 0.6) is 5.75 Å². The molecule has 0 aliphatic rings. The molecule has 0 bridgehead atoms. The first-order chi connectivity index (χ1) is 6.24. The van der Waals surface area contributed by atoms with Crippen molar-refractivity contribution in [3.05, 3.63) is 33.1 Å². The van der Waals surface area contributed by atoms with Crippen LogP contribution in [0.25, 0.3) is 0 Å². The zero-order chi connectivity index (χ0) is 9.68. The molecule has 0 amide bonds. The Kier molecular flexibility index (Phi) is 4.72. The lowest BCUT2D eigenvalue weighted by Crippen LogP contribution is -1.98. The number of aromatic nitrogens is 1. The number of hydrogen-bond acceptors (Lipinski definition) is 2. The second-order valence-electron chi connectivity index (χ2n) is 2.37. The minimum absolute atomic E-state index is 0.650. The summed E-state index contributed by atoms with van der Waals surface area (Å²) in [4.78, 5) is 4.15. The van der Waals surface area contributed by atoms with E-state index in [1.807, 2.05) is 12.1 Å². The SMILES string of the molecule is C=CCCOc1cc(Br)cnc1I. The standard InChI is InChI=1S/C9H9BrINO/c1-2-3-4-13-8-5-7(10)6-12-9(8)11/h2,5-6H,1,3-4H2. The van der Waals surface area contributed by atoms with Gasteiger partial charge in [-0.15, -0.1) is 6.58 Å². The van der Waals surface area contributed by atoms with Gasteiger partial charge in [-0.1, -0.05) is 6.08 Å². The summed E-state index contributed by atoms with van der Waals surface area (Å²) in [7, 11) is 0. The molecule has 4 heteroatoms. The van der Waals surface area contributed by atoms with E-state index in [0.717, 1.165) is 20.3 Å². The maximum Gasteiger partial charge on any atom is 0.152 e. The van der Waals surface area contributed by atoms with Gasteiger partial charge in [-0.25, -0.2) is 4.98 Å². The summed E-state index contributed by atoms with van der Waals surface area (Å²) in [5.74, 6) is 0.817. The van der Waals surface area contributed by atoms with Crippen LogP contribution >= 0.6 is 38.5 Å². The molecule has 1 heterocycles. The number of nitrogens with zero attached hydrogens (tertiary/aromatic N) is 1. The molecule has 0 aromatic carbocycles. The quantitative estimate of drug-likeness (QED) is 0.358. The molecule has 0 saturated heterocycles. The van der Waals surface area contributed by atoms with E-state index in [1.165, 1.54) is 0 Å². The zero-order valence-corrected chi connectivity index (χ0v) is 10.7. The van der Waals surface area contributed by atoms with Crippen LogP contribution in [-0.2, 0) is 0 Å². The average Bonchev–Trinajstić information content (AvgIpc) is 2.11. The summed E-state index contributed by atoms with van der Waals surface area (Å²) in [5.41, 5.74) is 0. The van der Waals surface area contributed by atoms with Crippen LogP contribution in [0, 0.1) is 3.70 Å². The molecule has 0 saturated carbocycles. The molecule has 0 unspecified atom stereocenters. The monoisotopic (exact) mass is 353 g/mol. The number of pyridine rings is 1. The Hall–Kier alpha value is -0.100. The highest BCUT2D eigenvalue weighted by Crippen LogP contribution is 2.22. The Morgan fingerprint density at radius 2 is 2.46 bits per heavy atom. The van der Waals surface area contributed by atoms with Gasteiger partial charge >= 0.3 is 0 Å². The molecule has 70 valence electrons. The summed E-state index contributed by atoms with van der Waals surface area (Å²) >= 11 is 5.49. The fourth-order valence-corrected chi connectivity index (χ4v) is 1.52. The van der Waals surface area contributed by atoms with Crippen molar-refractivity contribution in [3.63, 3.8) is 0 Å². The topological polar surface area (TPSA) is 22.1 Å². The number of halogens is 2. The molecule has 0 spiro atoms. The van der Waals surface area contributed by atoms with Gasteiger partial charge in [-0.3, -0.25) is 0 Å². The van der Waals surface area contributed by atoms with Gasteiger partial charge in [-0.05, 0) is 51.0 Å². The lowest BCUT2D eigenvalue weighted by molar-refractivity contribution is 0.321. The lowest BCUT2D eigenvalue weighted by atomic mass is 10.4. The first-order valence-corrected chi connectivity index (χ1v) is 5.66. The van der Waals surface area contributed by atoms with Gasteiger partial charge in [0.15, 0.2) is 5.75 Å². The van der Waals surface area contributed by atoms with Crippen molar-refractivity contribution in [2.45, 2.75) is 6.42 Å².